The predicted molar refractivity (Wildman–Crippen MR) is 75.5 cm³/mol. The number of hydrogen-bond donors (Lipinski definition) is 3. The van der Waals surface area contributed by atoms with Crippen LogP contribution >= 0.6 is 0 Å². The number of nitrogens with two attached hydrogens (primary N) is 1. The molecule has 0 radical (unpaired) electrons. The Balaban J connectivity index is 1.92. The number of urea groups is 1. The molecule has 7 nitrogen and oxygen atoms in total. The van der Waals surface area contributed by atoms with Gasteiger partial charge in [-0.05, 0) is 32.1 Å². The number of carbonyl (C=O) groups excluding carboxylic acids is 2. The first-order chi connectivity index (χ1) is 9.97. The normalized spacial score (nSPS) is 25.7. The molecule has 3 amide bonds. The molecular formula is C14H23N3O4. The predicted octanol–water partition coefficient (Wildman–Crippen LogP) is 0.679. The average molecular weight is 297 g/mol. The van der Waals surface area contributed by atoms with Crippen molar-refractivity contribution in [2.24, 2.45) is 11.7 Å². The van der Waals surface area contributed by atoms with Crippen LogP contribution in [0.1, 0.15) is 44.9 Å². The van der Waals surface area contributed by atoms with Gasteiger partial charge in [-0.3, -0.25) is 9.59 Å². The molecule has 0 aromatic heterocycles. The van der Waals surface area contributed by atoms with Crippen LogP contribution in [0.5, 0.6) is 0 Å². The van der Waals surface area contributed by atoms with Crippen molar-refractivity contribution in [1.82, 2.24) is 10.2 Å². The third kappa shape index (κ3) is 4.09. The van der Waals surface area contributed by atoms with Crippen molar-refractivity contribution in [3.63, 3.8) is 0 Å². The van der Waals surface area contributed by atoms with Crippen LogP contribution in [0.3, 0.4) is 0 Å². The van der Waals surface area contributed by atoms with Gasteiger partial charge < -0.3 is 21.1 Å². The highest BCUT2D eigenvalue weighted by Gasteiger charge is 2.33. The lowest BCUT2D eigenvalue weighted by Gasteiger charge is -2.29. The Morgan fingerprint density at radius 3 is 2.33 bits per heavy atom. The van der Waals surface area contributed by atoms with Gasteiger partial charge in [0, 0.05) is 12.1 Å². The molecule has 21 heavy (non-hydrogen) atoms. The van der Waals surface area contributed by atoms with Crippen LogP contribution in [0.15, 0.2) is 0 Å². The topological polar surface area (TPSA) is 113 Å². The summed E-state index contributed by atoms with van der Waals surface area (Å²) in [5, 5.41) is 11.8. The Morgan fingerprint density at radius 1 is 1.14 bits per heavy atom. The summed E-state index contributed by atoms with van der Waals surface area (Å²) < 4.78 is 0. The fourth-order valence-electron chi connectivity index (χ4n) is 3.34. The lowest BCUT2D eigenvalue weighted by Crippen LogP contribution is -2.51. The Hall–Kier alpha value is -1.79. The molecule has 0 unspecified atom stereocenters. The zero-order valence-electron chi connectivity index (χ0n) is 12.1. The summed E-state index contributed by atoms with van der Waals surface area (Å²) in [7, 11) is 0. The van der Waals surface area contributed by atoms with Gasteiger partial charge >= 0.3 is 12.0 Å². The molecule has 0 spiro atoms. The van der Waals surface area contributed by atoms with E-state index in [1.807, 2.05) is 0 Å². The van der Waals surface area contributed by atoms with E-state index in [1.54, 1.807) is 0 Å². The Morgan fingerprint density at radius 2 is 1.81 bits per heavy atom. The van der Waals surface area contributed by atoms with E-state index in [9.17, 15) is 14.4 Å². The van der Waals surface area contributed by atoms with Gasteiger partial charge in [0.1, 0.15) is 6.54 Å². The van der Waals surface area contributed by atoms with Gasteiger partial charge in [-0.25, -0.2) is 4.79 Å². The number of nitrogens with zero attached hydrogens (tertiary/aromatic N) is 1. The minimum atomic E-state index is -0.809. The number of amides is 3. The van der Waals surface area contributed by atoms with Crippen LogP contribution in [-0.4, -0.2) is 46.5 Å². The van der Waals surface area contributed by atoms with Crippen molar-refractivity contribution < 1.29 is 19.5 Å². The first kappa shape index (κ1) is 15.6. The molecule has 0 bridgehead atoms. The molecule has 2 fully saturated rings. The van der Waals surface area contributed by atoms with Crippen molar-refractivity contribution in [2.75, 3.05) is 6.54 Å². The van der Waals surface area contributed by atoms with Gasteiger partial charge in [0.05, 0.1) is 5.92 Å². The first-order valence-electron chi connectivity index (χ1n) is 7.55. The van der Waals surface area contributed by atoms with Crippen LogP contribution < -0.4 is 11.1 Å². The lowest BCUT2D eigenvalue weighted by molar-refractivity contribution is -0.141. The molecule has 2 rings (SSSR count). The number of carboxylic acid groups (broad SMARTS) is 1. The van der Waals surface area contributed by atoms with E-state index in [2.05, 4.69) is 5.32 Å². The first-order valence-corrected chi connectivity index (χ1v) is 7.55. The summed E-state index contributed by atoms with van der Waals surface area (Å²) in [6.45, 7) is -0.0778. The van der Waals surface area contributed by atoms with Crippen LogP contribution in [0, 0.1) is 5.92 Å². The highest BCUT2D eigenvalue weighted by Crippen LogP contribution is 2.27. The summed E-state index contributed by atoms with van der Waals surface area (Å²) >= 11 is 0. The average Bonchev–Trinajstić information content (AvgIpc) is 3.06. The summed E-state index contributed by atoms with van der Waals surface area (Å²) in [6, 6.07) is -0.360. The third-order valence-electron chi connectivity index (χ3n) is 4.46. The number of carboxylic acids is 1. The lowest BCUT2D eigenvalue weighted by atomic mass is 10.1. The number of rotatable bonds is 5. The molecule has 0 heterocycles. The van der Waals surface area contributed by atoms with E-state index in [0.29, 0.717) is 19.3 Å². The molecular weight excluding hydrogens is 274 g/mol. The molecule has 0 saturated heterocycles. The maximum atomic E-state index is 12.4. The second kappa shape index (κ2) is 6.78. The second-order valence-corrected chi connectivity index (χ2v) is 6.03. The molecule has 0 aliphatic heterocycles. The standard InChI is InChI=1S/C14H23N3O4/c15-12(18)8-17(11-3-1-2-4-11)14(21)16-10-6-5-9(7-10)13(19)20/h9-11H,1-8H2,(H2,15,18)(H,16,21)(H,19,20)/t9-,10+/m1/s1. The minimum absolute atomic E-state index is 0.0640. The van der Waals surface area contributed by atoms with Crippen LogP contribution in [0.4, 0.5) is 4.79 Å². The van der Waals surface area contributed by atoms with E-state index in [-0.39, 0.29) is 30.6 Å². The molecule has 2 saturated carbocycles. The molecule has 118 valence electrons. The van der Waals surface area contributed by atoms with Gasteiger partial charge in [0.25, 0.3) is 0 Å². The molecule has 2 aliphatic rings. The SMILES string of the molecule is NC(=O)CN(C(=O)N[C@H]1CC[C@@H](C(=O)O)C1)C1CCCC1. The highest BCUT2D eigenvalue weighted by molar-refractivity contribution is 5.83. The Bertz CT molecular complexity index is 420. The van der Waals surface area contributed by atoms with E-state index < -0.39 is 11.9 Å². The van der Waals surface area contributed by atoms with Crippen LogP contribution in [0.2, 0.25) is 0 Å². The molecule has 0 aromatic rings. The molecule has 2 aliphatic carbocycles. The van der Waals surface area contributed by atoms with Crippen LogP contribution in [0.25, 0.3) is 0 Å². The van der Waals surface area contributed by atoms with E-state index in [0.717, 1.165) is 25.7 Å². The summed E-state index contributed by atoms with van der Waals surface area (Å²) in [5.74, 6) is -1.71. The fourth-order valence-corrected chi connectivity index (χ4v) is 3.34. The molecule has 7 heteroatoms. The highest BCUT2D eigenvalue weighted by atomic mass is 16.4. The number of primary amides is 1. The molecule has 2 atom stereocenters. The van der Waals surface area contributed by atoms with Crippen molar-refractivity contribution in [1.29, 1.82) is 0 Å². The number of carbonyl (C=O) groups is 3. The van der Waals surface area contributed by atoms with Gasteiger partial charge in [0.15, 0.2) is 0 Å². The molecule has 4 N–H and O–H groups in total. The monoisotopic (exact) mass is 297 g/mol. The largest absolute Gasteiger partial charge is 0.481 e. The number of aliphatic carboxylic acids is 1. The maximum absolute atomic E-state index is 12.4. The van der Waals surface area contributed by atoms with Gasteiger partial charge in [-0.2, -0.15) is 0 Å². The van der Waals surface area contributed by atoms with E-state index >= 15 is 0 Å². The fraction of sp³-hybridized carbons (Fsp3) is 0.786. The number of hydrogen-bond acceptors (Lipinski definition) is 3. The maximum Gasteiger partial charge on any atom is 0.318 e. The summed E-state index contributed by atoms with van der Waals surface area (Å²) in [5.41, 5.74) is 5.23. The Kier molecular flexibility index (Phi) is 5.03. The second-order valence-electron chi connectivity index (χ2n) is 6.03. The summed E-state index contributed by atoms with van der Waals surface area (Å²) in [6.07, 6.45) is 5.59. The zero-order valence-corrected chi connectivity index (χ0v) is 12.1. The molecule has 0 aromatic carbocycles. The smallest absolute Gasteiger partial charge is 0.318 e. The van der Waals surface area contributed by atoms with Gasteiger partial charge in [-0.15, -0.1) is 0 Å². The van der Waals surface area contributed by atoms with Crippen molar-refractivity contribution in [3.05, 3.63) is 0 Å². The van der Waals surface area contributed by atoms with Crippen molar-refractivity contribution in [3.8, 4) is 0 Å². The van der Waals surface area contributed by atoms with E-state index in [1.165, 1.54) is 4.90 Å². The van der Waals surface area contributed by atoms with Crippen LogP contribution in [-0.2, 0) is 9.59 Å². The van der Waals surface area contributed by atoms with E-state index in [4.69, 9.17) is 10.8 Å². The van der Waals surface area contributed by atoms with Gasteiger partial charge in [-0.1, -0.05) is 12.8 Å². The zero-order chi connectivity index (χ0) is 15.4. The number of nitrogens with one attached hydrogen (secondary N) is 1. The Labute approximate surface area is 123 Å². The summed E-state index contributed by atoms with van der Waals surface area (Å²) in [4.78, 5) is 36.0. The quantitative estimate of drug-likeness (QED) is 0.692. The van der Waals surface area contributed by atoms with Crippen molar-refractivity contribution in [2.45, 2.75) is 57.0 Å². The minimum Gasteiger partial charge on any atom is -0.481 e. The van der Waals surface area contributed by atoms with Crippen molar-refractivity contribution >= 4 is 17.9 Å². The van der Waals surface area contributed by atoms with Gasteiger partial charge in [0.2, 0.25) is 5.91 Å². The third-order valence-corrected chi connectivity index (χ3v) is 4.46.